The van der Waals surface area contributed by atoms with Crippen molar-refractivity contribution in [2.45, 2.75) is 30.8 Å². The Balaban J connectivity index is 1.71. The zero-order valence-corrected chi connectivity index (χ0v) is 15.7. The van der Waals surface area contributed by atoms with Crippen LogP contribution in [0.5, 0.6) is 0 Å². The molecule has 1 aliphatic rings. The third kappa shape index (κ3) is 3.79. The third-order valence-corrected chi connectivity index (χ3v) is 6.29. The Morgan fingerprint density at radius 3 is 2.62 bits per heavy atom. The van der Waals surface area contributed by atoms with E-state index in [1.165, 1.54) is 33.5 Å². The molecule has 1 fully saturated rings. The van der Waals surface area contributed by atoms with Crippen molar-refractivity contribution in [2.24, 2.45) is 5.73 Å². The molecule has 3 N–H and O–H groups in total. The second-order valence-corrected chi connectivity index (χ2v) is 8.55. The van der Waals surface area contributed by atoms with Crippen LogP contribution in [-0.4, -0.2) is 59.7 Å². The van der Waals surface area contributed by atoms with E-state index in [-0.39, 0.29) is 16.8 Å². The predicted octanol–water partition coefficient (Wildman–Crippen LogP) is 0.712. The molecule has 0 saturated carbocycles. The van der Waals surface area contributed by atoms with E-state index in [4.69, 9.17) is 5.73 Å². The van der Waals surface area contributed by atoms with Gasteiger partial charge in [0.05, 0.1) is 11.4 Å². The second kappa shape index (κ2) is 7.18. The number of H-pyrrole nitrogens is 1. The highest BCUT2D eigenvalue weighted by molar-refractivity contribution is 7.89. The van der Waals surface area contributed by atoms with Gasteiger partial charge in [-0.25, -0.2) is 13.4 Å². The van der Waals surface area contributed by atoms with Crippen molar-refractivity contribution >= 4 is 15.9 Å². The van der Waals surface area contributed by atoms with E-state index in [2.05, 4.69) is 9.97 Å². The molecule has 3 rings (SSSR count). The van der Waals surface area contributed by atoms with Crippen molar-refractivity contribution in [3.8, 4) is 0 Å². The number of nitrogens with one attached hydrogen (secondary N) is 1. The summed E-state index contributed by atoms with van der Waals surface area (Å²) in [4.78, 5) is 21.5. The lowest BCUT2D eigenvalue weighted by molar-refractivity contribution is 0.0781. The molecular weight excluding hydrogens is 354 g/mol. The van der Waals surface area contributed by atoms with Gasteiger partial charge in [-0.2, -0.15) is 4.31 Å². The van der Waals surface area contributed by atoms with Gasteiger partial charge in [-0.1, -0.05) is 0 Å². The molecule has 8 nitrogen and oxygen atoms in total. The first kappa shape index (κ1) is 18.6. The van der Waals surface area contributed by atoms with E-state index in [0.717, 1.165) is 5.69 Å². The molecular formula is C17H23N5O3S. The molecule has 9 heteroatoms. The van der Waals surface area contributed by atoms with Gasteiger partial charge in [-0.05, 0) is 37.6 Å². The zero-order chi connectivity index (χ0) is 18.9. The van der Waals surface area contributed by atoms with Crippen molar-refractivity contribution in [1.29, 1.82) is 0 Å². The van der Waals surface area contributed by atoms with Crippen LogP contribution in [0.15, 0.2) is 35.4 Å². The monoisotopic (exact) mass is 377 g/mol. The number of carbonyl (C=O) groups excluding carboxylic acids is 1. The largest absolute Gasteiger partial charge is 0.345 e. The summed E-state index contributed by atoms with van der Waals surface area (Å²) >= 11 is 0. The number of nitrogens with two attached hydrogens (primary N) is 1. The van der Waals surface area contributed by atoms with Crippen LogP contribution in [-0.2, 0) is 16.6 Å². The highest BCUT2D eigenvalue weighted by Crippen LogP contribution is 2.21. The van der Waals surface area contributed by atoms with Crippen molar-refractivity contribution in [1.82, 2.24) is 19.2 Å². The summed E-state index contributed by atoms with van der Waals surface area (Å²) in [6, 6.07) is 5.89. The Kier molecular flexibility index (Phi) is 5.12. The summed E-state index contributed by atoms with van der Waals surface area (Å²) in [5.41, 5.74) is 7.15. The van der Waals surface area contributed by atoms with Crippen LogP contribution < -0.4 is 5.73 Å². The number of benzene rings is 1. The zero-order valence-electron chi connectivity index (χ0n) is 14.8. The molecule has 2 heterocycles. The van der Waals surface area contributed by atoms with Gasteiger partial charge in [0, 0.05) is 43.6 Å². The van der Waals surface area contributed by atoms with Crippen LogP contribution in [0.25, 0.3) is 0 Å². The molecule has 1 aromatic carbocycles. The molecule has 1 aliphatic heterocycles. The molecule has 1 aromatic heterocycles. The fourth-order valence-electron chi connectivity index (χ4n) is 2.95. The van der Waals surface area contributed by atoms with Crippen LogP contribution in [0.3, 0.4) is 0 Å². The van der Waals surface area contributed by atoms with Gasteiger partial charge in [0.15, 0.2) is 0 Å². The van der Waals surface area contributed by atoms with Gasteiger partial charge in [-0.3, -0.25) is 4.79 Å². The van der Waals surface area contributed by atoms with Crippen molar-refractivity contribution in [3.05, 3.63) is 47.5 Å². The van der Waals surface area contributed by atoms with Crippen molar-refractivity contribution < 1.29 is 13.2 Å². The first-order valence-corrected chi connectivity index (χ1v) is 9.83. The number of sulfonamides is 1. The van der Waals surface area contributed by atoms with E-state index in [9.17, 15) is 13.2 Å². The number of carbonyl (C=O) groups is 1. The van der Waals surface area contributed by atoms with Crippen LogP contribution in [0, 0.1) is 6.92 Å². The number of hydrogen-bond donors (Lipinski definition) is 2. The van der Waals surface area contributed by atoms with Gasteiger partial charge in [-0.15, -0.1) is 0 Å². The lowest BCUT2D eigenvalue weighted by atomic mass is 10.2. The van der Waals surface area contributed by atoms with Gasteiger partial charge in [0.2, 0.25) is 10.0 Å². The number of hydrogen-bond acceptors (Lipinski definition) is 5. The fourth-order valence-corrected chi connectivity index (χ4v) is 4.47. The van der Waals surface area contributed by atoms with E-state index in [0.29, 0.717) is 37.4 Å². The quantitative estimate of drug-likeness (QED) is 0.797. The Morgan fingerprint density at radius 2 is 2.08 bits per heavy atom. The van der Waals surface area contributed by atoms with E-state index >= 15 is 0 Å². The average molecular weight is 377 g/mol. The Hall–Kier alpha value is -2.23. The minimum atomic E-state index is -3.57. The topological polar surface area (TPSA) is 112 Å². The number of imidazole rings is 1. The maximum Gasteiger partial charge on any atom is 0.254 e. The standard InChI is InChI=1S/C17H23N5O3S/c1-12-9-19-16(20-12)11-21(2)17(23)13-3-5-15(6-4-13)26(24,25)22-8-7-14(18)10-22/h3-6,9,14H,7-8,10-11,18H2,1-2H3,(H,19,20). The first-order valence-electron chi connectivity index (χ1n) is 8.39. The predicted molar refractivity (Wildman–Crippen MR) is 96.9 cm³/mol. The number of rotatable bonds is 5. The van der Waals surface area contributed by atoms with E-state index in [1.807, 2.05) is 6.92 Å². The summed E-state index contributed by atoms with van der Waals surface area (Å²) in [5, 5.41) is 0. The summed E-state index contributed by atoms with van der Waals surface area (Å²) in [6.07, 6.45) is 2.37. The highest BCUT2D eigenvalue weighted by atomic mass is 32.2. The van der Waals surface area contributed by atoms with Crippen LogP contribution in [0.4, 0.5) is 0 Å². The normalized spacial score (nSPS) is 18.2. The Labute approximate surface area is 153 Å². The summed E-state index contributed by atoms with van der Waals surface area (Å²) < 4.78 is 26.6. The maximum atomic E-state index is 12.6. The number of nitrogens with zero attached hydrogens (tertiary/aromatic N) is 3. The van der Waals surface area contributed by atoms with Crippen molar-refractivity contribution in [3.63, 3.8) is 0 Å². The van der Waals surface area contributed by atoms with Gasteiger partial charge < -0.3 is 15.6 Å². The molecule has 2 aromatic rings. The molecule has 0 radical (unpaired) electrons. The fraction of sp³-hybridized carbons (Fsp3) is 0.412. The highest BCUT2D eigenvalue weighted by Gasteiger charge is 2.31. The number of aryl methyl sites for hydroxylation is 1. The second-order valence-electron chi connectivity index (χ2n) is 6.61. The minimum absolute atomic E-state index is 0.121. The lowest BCUT2D eigenvalue weighted by Gasteiger charge is -2.18. The molecule has 1 atom stereocenters. The van der Waals surface area contributed by atoms with Gasteiger partial charge in [0.1, 0.15) is 5.82 Å². The lowest BCUT2D eigenvalue weighted by Crippen LogP contribution is -2.32. The molecule has 1 amide bonds. The molecule has 1 unspecified atom stereocenters. The number of aromatic amines is 1. The molecule has 0 bridgehead atoms. The smallest absolute Gasteiger partial charge is 0.254 e. The summed E-state index contributed by atoms with van der Waals surface area (Å²) in [5.74, 6) is 0.495. The molecule has 1 saturated heterocycles. The molecule has 26 heavy (non-hydrogen) atoms. The SMILES string of the molecule is Cc1cnc(CN(C)C(=O)c2ccc(S(=O)(=O)N3CCC(N)C3)cc2)[nH]1. The summed E-state index contributed by atoms with van der Waals surface area (Å²) in [6.45, 7) is 2.99. The third-order valence-electron chi connectivity index (χ3n) is 4.42. The Morgan fingerprint density at radius 1 is 1.38 bits per heavy atom. The molecule has 0 spiro atoms. The number of aromatic nitrogens is 2. The van der Waals surface area contributed by atoms with Crippen molar-refractivity contribution in [2.75, 3.05) is 20.1 Å². The average Bonchev–Trinajstić information content (AvgIpc) is 3.23. The van der Waals surface area contributed by atoms with Crippen LogP contribution >= 0.6 is 0 Å². The van der Waals surface area contributed by atoms with Gasteiger partial charge in [0.25, 0.3) is 5.91 Å². The Bertz CT molecular complexity index is 891. The minimum Gasteiger partial charge on any atom is -0.345 e. The summed E-state index contributed by atoms with van der Waals surface area (Å²) in [7, 11) is -1.89. The van der Waals surface area contributed by atoms with E-state index in [1.54, 1.807) is 13.2 Å². The first-order chi connectivity index (χ1) is 12.3. The number of amides is 1. The van der Waals surface area contributed by atoms with Crippen LogP contribution in [0.2, 0.25) is 0 Å². The van der Waals surface area contributed by atoms with Crippen LogP contribution in [0.1, 0.15) is 28.3 Å². The maximum absolute atomic E-state index is 12.6. The van der Waals surface area contributed by atoms with Gasteiger partial charge >= 0.3 is 0 Å². The molecule has 140 valence electrons. The molecule has 0 aliphatic carbocycles. The van der Waals surface area contributed by atoms with E-state index < -0.39 is 10.0 Å².